The van der Waals surface area contributed by atoms with Crippen LogP contribution in [0.5, 0.6) is 0 Å². The Bertz CT molecular complexity index is 367. The highest BCUT2D eigenvalue weighted by Crippen LogP contribution is 2.63. The Kier molecular flexibility index (Phi) is 2.73. The van der Waals surface area contributed by atoms with Crippen LogP contribution in [0.15, 0.2) is 0 Å². The van der Waals surface area contributed by atoms with Gasteiger partial charge >= 0.3 is 0 Å². The van der Waals surface area contributed by atoms with Crippen LogP contribution in [-0.2, 0) is 6.42 Å². The molecule has 1 N–H and O–H groups in total. The van der Waals surface area contributed by atoms with Crippen molar-refractivity contribution in [2.45, 2.75) is 53.5 Å². The molecule has 4 heteroatoms. The predicted molar refractivity (Wildman–Crippen MR) is 68.9 cm³/mol. The molecule has 0 saturated heterocycles. The third-order valence-corrected chi connectivity index (χ3v) is 4.91. The Morgan fingerprint density at radius 3 is 2.38 bits per heavy atom. The van der Waals surface area contributed by atoms with E-state index in [0.717, 1.165) is 23.8 Å². The van der Waals surface area contributed by atoms with Crippen molar-refractivity contribution in [2.24, 2.45) is 10.8 Å². The van der Waals surface area contributed by atoms with E-state index in [0.29, 0.717) is 16.9 Å². The van der Waals surface area contributed by atoms with E-state index in [1.807, 2.05) is 0 Å². The quantitative estimate of drug-likeness (QED) is 0.875. The van der Waals surface area contributed by atoms with Gasteiger partial charge in [-0.05, 0) is 17.3 Å². The van der Waals surface area contributed by atoms with Gasteiger partial charge in [-0.15, -0.1) is 0 Å². The van der Waals surface area contributed by atoms with Crippen LogP contribution in [-0.4, -0.2) is 15.4 Å². The van der Waals surface area contributed by atoms with Crippen molar-refractivity contribution in [2.75, 3.05) is 5.32 Å². The van der Waals surface area contributed by atoms with Gasteiger partial charge in [-0.2, -0.15) is 4.37 Å². The number of hydrogen-bond donors (Lipinski definition) is 1. The molecule has 1 aromatic heterocycles. The predicted octanol–water partition coefficient (Wildman–Crippen LogP) is 3.34. The van der Waals surface area contributed by atoms with E-state index in [1.54, 1.807) is 0 Å². The molecule has 1 aliphatic carbocycles. The highest BCUT2D eigenvalue weighted by molar-refractivity contribution is 7.09. The van der Waals surface area contributed by atoms with E-state index in [9.17, 15) is 0 Å². The lowest BCUT2D eigenvalue weighted by Gasteiger charge is -2.02. The van der Waals surface area contributed by atoms with Crippen LogP contribution >= 0.6 is 11.5 Å². The SMILES string of the molecule is CCCc1nsc(NC2C(C)(C)C2(C)C)n1. The minimum atomic E-state index is 0.351. The standard InChI is InChI=1S/C12H21N3S/c1-6-7-8-13-10(16-15-8)14-9-11(2,3)12(9,4)5/h9H,6-7H2,1-5H3,(H,13,14,15). The Morgan fingerprint density at radius 2 is 1.88 bits per heavy atom. The molecule has 0 amide bonds. The second kappa shape index (κ2) is 3.69. The zero-order valence-corrected chi connectivity index (χ0v) is 11.6. The van der Waals surface area contributed by atoms with E-state index < -0.39 is 0 Å². The summed E-state index contributed by atoms with van der Waals surface area (Å²) in [5.41, 5.74) is 0.702. The van der Waals surface area contributed by atoms with Crippen LogP contribution in [0.4, 0.5) is 5.13 Å². The molecular formula is C12H21N3S. The Morgan fingerprint density at radius 1 is 1.25 bits per heavy atom. The first-order chi connectivity index (χ1) is 7.39. The second-order valence-corrected chi connectivity index (χ2v) is 6.54. The van der Waals surface area contributed by atoms with Crippen molar-refractivity contribution >= 4 is 16.7 Å². The number of hydrogen-bond acceptors (Lipinski definition) is 4. The fraction of sp³-hybridized carbons (Fsp3) is 0.833. The minimum absolute atomic E-state index is 0.351. The molecule has 0 atom stereocenters. The molecule has 0 aliphatic heterocycles. The van der Waals surface area contributed by atoms with Gasteiger partial charge in [-0.3, -0.25) is 0 Å². The van der Waals surface area contributed by atoms with Gasteiger partial charge in [0.2, 0.25) is 5.13 Å². The smallest absolute Gasteiger partial charge is 0.202 e. The monoisotopic (exact) mass is 239 g/mol. The highest BCUT2D eigenvalue weighted by atomic mass is 32.1. The summed E-state index contributed by atoms with van der Waals surface area (Å²) in [7, 11) is 0. The highest BCUT2D eigenvalue weighted by Gasteiger charge is 2.65. The van der Waals surface area contributed by atoms with Crippen LogP contribution in [0, 0.1) is 10.8 Å². The van der Waals surface area contributed by atoms with E-state index in [-0.39, 0.29) is 0 Å². The molecule has 0 radical (unpaired) electrons. The van der Waals surface area contributed by atoms with Gasteiger partial charge in [-0.25, -0.2) is 4.98 Å². The first-order valence-corrected chi connectivity index (χ1v) is 6.76. The number of rotatable bonds is 4. The molecular weight excluding hydrogens is 218 g/mol. The fourth-order valence-corrected chi connectivity index (χ4v) is 2.96. The summed E-state index contributed by atoms with van der Waals surface area (Å²) < 4.78 is 4.35. The summed E-state index contributed by atoms with van der Waals surface area (Å²) in [5.74, 6) is 0.978. The second-order valence-electron chi connectivity index (χ2n) is 5.79. The Hall–Kier alpha value is -0.640. The van der Waals surface area contributed by atoms with Crippen molar-refractivity contribution in [1.29, 1.82) is 0 Å². The topological polar surface area (TPSA) is 37.8 Å². The molecule has 1 aliphatic rings. The van der Waals surface area contributed by atoms with Gasteiger partial charge in [-0.1, -0.05) is 34.6 Å². The Labute approximate surface area is 102 Å². The molecule has 0 aromatic carbocycles. The van der Waals surface area contributed by atoms with Gasteiger partial charge in [0.05, 0.1) is 0 Å². The van der Waals surface area contributed by atoms with Crippen LogP contribution < -0.4 is 5.32 Å². The van der Waals surface area contributed by atoms with E-state index >= 15 is 0 Å². The van der Waals surface area contributed by atoms with Crippen molar-refractivity contribution in [1.82, 2.24) is 9.36 Å². The van der Waals surface area contributed by atoms with Gasteiger partial charge in [0.15, 0.2) is 0 Å². The number of aromatic nitrogens is 2. The van der Waals surface area contributed by atoms with Gasteiger partial charge in [0.1, 0.15) is 5.82 Å². The largest absolute Gasteiger partial charge is 0.356 e. The molecule has 1 fully saturated rings. The summed E-state index contributed by atoms with van der Waals surface area (Å²) in [5, 5.41) is 4.50. The first-order valence-electron chi connectivity index (χ1n) is 5.98. The van der Waals surface area contributed by atoms with Crippen LogP contribution in [0.3, 0.4) is 0 Å². The fourth-order valence-electron chi connectivity index (χ4n) is 2.32. The molecule has 0 bridgehead atoms. The van der Waals surface area contributed by atoms with Crippen molar-refractivity contribution in [3.63, 3.8) is 0 Å². The summed E-state index contributed by atoms with van der Waals surface area (Å²) in [6.07, 6.45) is 2.09. The van der Waals surface area contributed by atoms with Crippen molar-refractivity contribution in [3.8, 4) is 0 Å². The molecule has 1 saturated carbocycles. The maximum absolute atomic E-state index is 4.51. The zero-order chi connectivity index (χ0) is 12.0. The summed E-state index contributed by atoms with van der Waals surface area (Å²) in [6, 6.07) is 0.516. The van der Waals surface area contributed by atoms with E-state index in [2.05, 4.69) is 49.3 Å². The van der Waals surface area contributed by atoms with Crippen molar-refractivity contribution < 1.29 is 0 Å². The van der Waals surface area contributed by atoms with Crippen LogP contribution in [0.2, 0.25) is 0 Å². The molecule has 1 aromatic rings. The maximum Gasteiger partial charge on any atom is 0.202 e. The normalized spacial score (nSPS) is 22.1. The van der Waals surface area contributed by atoms with E-state index in [1.165, 1.54) is 11.5 Å². The molecule has 3 nitrogen and oxygen atoms in total. The van der Waals surface area contributed by atoms with Crippen LogP contribution in [0.1, 0.15) is 46.9 Å². The first kappa shape index (κ1) is 11.8. The molecule has 1 heterocycles. The lowest BCUT2D eigenvalue weighted by Crippen LogP contribution is -2.09. The number of aryl methyl sites for hydroxylation is 1. The summed E-state index contributed by atoms with van der Waals surface area (Å²) in [6.45, 7) is 11.4. The summed E-state index contributed by atoms with van der Waals surface area (Å²) in [4.78, 5) is 4.51. The van der Waals surface area contributed by atoms with Crippen LogP contribution in [0.25, 0.3) is 0 Å². The van der Waals surface area contributed by atoms with Gasteiger partial charge in [0.25, 0.3) is 0 Å². The van der Waals surface area contributed by atoms with Crippen molar-refractivity contribution in [3.05, 3.63) is 5.82 Å². The van der Waals surface area contributed by atoms with Gasteiger partial charge in [0, 0.05) is 24.0 Å². The average molecular weight is 239 g/mol. The Balaban J connectivity index is 2.01. The molecule has 0 unspecified atom stereocenters. The lowest BCUT2D eigenvalue weighted by atomic mass is 10.0. The average Bonchev–Trinajstić information content (AvgIpc) is 2.58. The summed E-state index contributed by atoms with van der Waals surface area (Å²) >= 11 is 1.49. The third-order valence-electron chi connectivity index (χ3n) is 4.23. The number of nitrogens with one attached hydrogen (secondary N) is 1. The zero-order valence-electron chi connectivity index (χ0n) is 10.8. The molecule has 90 valence electrons. The van der Waals surface area contributed by atoms with E-state index in [4.69, 9.17) is 0 Å². The minimum Gasteiger partial charge on any atom is -0.356 e. The number of anilines is 1. The lowest BCUT2D eigenvalue weighted by molar-refractivity contribution is 0.457. The maximum atomic E-state index is 4.51. The van der Waals surface area contributed by atoms with Gasteiger partial charge < -0.3 is 5.32 Å². The number of nitrogens with zero attached hydrogens (tertiary/aromatic N) is 2. The molecule has 16 heavy (non-hydrogen) atoms. The third kappa shape index (κ3) is 1.73. The molecule has 0 spiro atoms. The molecule has 2 rings (SSSR count).